The van der Waals surface area contributed by atoms with Gasteiger partial charge in [-0.05, 0) is 13.8 Å². The van der Waals surface area contributed by atoms with Gasteiger partial charge in [-0.15, -0.1) is 0 Å². The Balaban J connectivity index is 3.59. The highest BCUT2D eigenvalue weighted by atomic mass is 79.9. The van der Waals surface area contributed by atoms with Crippen LogP contribution >= 0.6 is 40.1 Å². The topological polar surface area (TPSA) is 35.5 Å². The minimum absolute atomic E-state index is 0.0704. The summed E-state index contributed by atoms with van der Waals surface area (Å²) in [5.74, 6) is 0. The standard InChI is InChI=1S/C6H13Br2O3P/c1-5(3-7)10-12(9)11-6(2)4-8/h5-6,12H,3-4H2,1-2H3. The van der Waals surface area contributed by atoms with E-state index in [4.69, 9.17) is 9.05 Å². The van der Waals surface area contributed by atoms with Gasteiger partial charge in [0.1, 0.15) is 0 Å². The van der Waals surface area contributed by atoms with Crippen LogP contribution in [0.4, 0.5) is 0 Å². The SMILES string of the molecule is CC(CBr)O[PH](=O)OC(C)CBr. The molecule has 0 bridgehead atoms. The molecule has 0 aromatic rings. The second-order valence-electron chi connectivity index (χ2n) is 2.42. The van der Waals surface area contributed by atoms with Gasteiger partial charge < -0.3 is 9.05 Å². The molecule has 0 saturated heterocycles. The maximum Gasteiger partial charge on any atom is 0.319 e. The van der Waals surface area contributed by atoms with Crippen LogP contribution in [0.15, 0.2) is 0 Å². The predicted octanol–water partition coefficient (Wildman–Crippen LogP) is 2.98. The Hall–Kier alpha value is 1.11. The van der Waals surface area contributed by atoms with Crippen molar-refractivity contribution in [2.75, 3.05) is 10.7 Å². The van der Waals surface area contributed by atoms with E-state index in [1.54, 1.807) is 0 Å². The molecule has 0 aliphatic heterocycles. The summed E-state index contributed by atoms with van der Waals surface area (Å²) in [4.78, 5) is 0. The number of hydrogen-bond donors (Lipinski definition) is 0. The van der Waals surface area contributed by atoms with Gasteiger partial charge in [0.2, 0.25) is 0 Å². The van der Waals surface area contributed by atoms with E-state index in [0.29, 0.717) is 10.7 Å². The van der Waals surface area contributed by atoms with Crippen LogP contribution in [0, 0.1) is 0 Å². The Bertz CT molecular complexity index is 131. The van der Waals surface area contributed by atoms with E-state index in [2.05, 4.69) is 31.9 Å². The largest absolute Gasteiger partial charge is 0.319 e. The van der Waals surface area contributed by atoms with Gasteiger partial charge >= 0.3 is 8.25 Å². The maximum absolute atomic E-state index is 11.1. The lowest BCUT2D eigenvalue weighted by Gasteiger charge is -2.12. The summed E-state index contributed by atoms with van der Waals surface area (Å²) >= 11 is 6.43. The van der Waals surface area contributed by atoms with Gasteiger partial charge in [0.05, 0.1) is 12.2 Å². The van der Waals surface area contributed by atoms with Gasteiger partial charge in [0.15, 0.2) is 0 Å². The lowest BCUT2D eigenvalue weighted by molar-refractivity contribution is 0.166. The number of halogens is 2. The number of rotatable bonds is 6. The van der Waals surface area contributed by atoms with E-state index in [1.807, 2.05) is 13.8 Å². The van der Waals surface area contributed by atoms with E-state index in [-0.39, 0.29) is 12.2 Å². The Kier molecular flexibility index (Phi) is 8.20. The molecule has 12 heavy (non-hydrogen) atoms. The summed E-state index contributed by atoms with van der Waals surface area (Å²) in [5.41, 5.74) is 0. The van der Waals surface area contributed by atoms with Crippen molar-refractivity contribution in [3.8, 4) is 0 Å². The summed E-state index contributed by atoms with van der Waals surface area (Å²) in [7, 11) is -2.32. The molecule has 0 saturated carbocycles. The van der Waals surface area contributed by atoms with E-state index in [0.717, 1.165) is 0 Å². The van der Waals surface area contributed by atoms with Gasteiger partial charge in [0.25, 0.3) is 0 Å². The normalized spacial score (nSPS) is 18.7. The van der Waals surface area contributed by atoms with Crippen molar-refractivity contribution in [2.24, 2.45) is 0 Å². The van der Waals surface area contributed by atoms with Crippen LogP contribution in [0.1, 0.15) is 13.8 Å². The molecular weight excluding hydrogens is 311 g/mol. The van der Waals surface area contributed by atoms with Crippen LogP contribution in [0.25, 0.3) is 0 Å². The van der Waals surface area contributed by atoms with E-state index >= 15 is 0 Å². The first-order chi connectivity index (χ1) is 5.60. The average molecular weight is 324 g/mol. The van der Waals surface area contributed by atoms with Crippen LogP contribution in [0.2, 0.25) is 0 Å². The van der Waals surface area contributed by atoms with Crippen LogP contribution in [0.3, 0.4) is 0 Å². The third-order valence-corrected chi connectivity index (χ3v) is 4.04. The molecule has 0 aromatic heterocycles. The maximum atomic E-state index is 11.1. The highest BCUT2D eigenvalue weighted by Gasteiger charge is 2.09. The minimum atomic E-state index is -2.32. The first-order valence-electron chi connectivity index (χ1n) is 3.59. The van der Waals surface area contributed by atoms with Crippen molar-refractivity contribution >= 4 is 40.1 Å². The molecule has 6 heteroatoms. The van der Waals surface area contributed by atoms with E-state index < -0.39 is 8.25 Å². The fourth-order valence-corrected chi connectivity index (χ4v) is 2.05. The Labute approximate surface area is 90.4 Å². The van der Waals surface area contributed by atoms with Crippen LogP contribution in [-0.2, 0) is 13.6 Å². The van der Waals surface area contributed by atoms with Gasteiger partial charge in [-0.2, -0.15) is 0 Å². The number of alkyl halides is 2. The molecule has 74 valence electrons. The molecule has 0 rings (SSSR count). The third kappa shape index (κ3) is 6.61. The average Bonchev–Trinajstić information content (AvgIpc) is 2.03. The molecule has 2 atom stereocenters. The molecule has 0 amide bonds. The minimum Gasteiger partial charge on any atom is -0.307 e. The molecule has 0 fully saturated rings. The Morgan fingerprint density at radius 2 is 1.50 bits per heavy atom. The van der Waals surface area contributed by atoms with Crippen LogP contribution in [-0.4, -0.2) is 22.9 Å². The van der Waals surface area contributed by atoms with Crippen molar-refractivity contribution < 1.29 is 13.6 Å². The van der Waals surface area contributed by atoms with E-state index in [1.165, 1.54) is 0 Å². The fraction of sp³-hybridized carbons (Fsp3) is 1.00. The smallest absolute Gasteiger partial charge is 0.307 e. The van der Waals surface area contributed by atoms with Gasteiger partial charge in [-0.1, -0.05) is 31.9 Å². The fourth-order valence-electron chi connectivity index (χ4n) is 0.419. The summed E-state index contributed by atoms with van der Waals surface area (Å²) in [6, 6.07) is 0. The third-order valence-electron chi connectivity index (χ3n) is 1.03. The Morgan fingerprint density at radius 3 is 1.75 bits per heavy atom. The van der Waals surface area contributed by atoms with Crippen molar-refractivity contribution in [1.29, 1.82) is 0 Å². The molecule has 0 radical (unpaired) electrons. The predicted molar refractivity (Wildman–Crippen MR) is 57.7 cm³/mol. The summed E-state index contributed by atoms with van der Waals surface area (Å²) < 4.78 is 21.1. The molecule has 0 aromatic carbocycles. The lowest BCUT2D eigenvalue weighted by atomic mass is 10.5. The highest BCUT2D eigenvalue weighted by molar-refractivity contribution is 9.09. The van der Waals surface area contributed by atoms with Crippen molar-refractivity contribution in [3.63, 3.8) is 0 Å². The van der Waals surface area contributed by atoms with Crippen molar-refractivity contribution in [3.05, 3.63) is 0 Å². The second-order valence-corrected chi connectivity index (χ2v) is 4.68. The first-order valence-corrected chi connectivity index (χ1v) is 7.06. The molecule has 0 heterocycles. The molecular formula is C6H13Br2O3P. The molecule has 0 spiro atoms. The van der Waals surface area contributed by atoms with Crippen LogP contribution < -0.4 is 0 Å². The molecule has 2 unspecified atom stereocenters. The van der Waals surface area contributed by atoms with Gasteiger partial charge in [-0.25, -0.2) is 0 Å². The molecule has 0 aliphatic carbocycles. The summed E-state index contributed by atoms with van der Waals surface area (Å²) in [6.45, 7) is 3.67. The van der Waals surface area contributed by atoms with E-state index in [9.17, 15) is 4.57 Å². The zero-order chi connectivity index (χ0) is 9.56. The first kappa shape index (κ1) is 13.1. The van der Waals surface area contributed by atoms with Gasteiger partial charge in [-0.3, -0.25) is 4.57 Å². The Morgan fingerprint density at radius 1 is 1.17 bits per heavy atom. The van der Waals surface area contributed by atoms with Crippen LogP contribution in [0.5, 0.6) is 0 Å². The zero-order valence-corrected chi connectivity index (χ0v) is 11.2. The van der Waals surface area contributed by atoms with Crippen molar-refractivity contribution in [2.45, 2.75) is 26.1 Å². The second kappa shape index (κ2) is 7.51. The number of hydrogen-bond acceptors (Lipinski definition) is 3. The highest BCUT2D eigenvalue weighted by Crippen LogP contribution is 2.28. The molecule has 0 aliphatic rings. The van der Waals surface area contributed by atoms with Crippen molar-refractivity contribution in [1.82, 2.24) is 0 Å². The lowest BCUT2D eigenvalue weighted by Crippen LogP contribution is -2.09. The van der Waals surface area contributed by atoms with Gasteiger partial charge in [0, 0.05) is 10.7 Å². The summed E-state index contributed by atoms with van der Waals surface area (Å²) in [5, 5.41) is 1.32. The quantitative estimate of drug-likeness (QED) is 0.557. The summed E-state index contributed by atoms with van der Waals surface area (Å²) in [6.07, 6.45) is -0.141. The monoisotopic (exact) mass is 322 g/mol. The molecule has 3 nitrogen and oxygen atoms in total. The molecule has 0 N–H and O–H groups in total. The zero-order valence-electron chi connectivity index (χ0n) is 7.05.